The van der Waals surface area contributed by atoms with Gasteiger partial charge in [0.05, 0.1) is 5.69 Å². The molecule has 1 aromatic heterocycles. The first-order chi connectivity index (χ1) is 13.9. The standard InChI is InChI=1S/C24H29N3O2/c1-17-9-10-23(18(2)13-17)29-16-21-7-5-8-22(15-21)24(28)25-11-6-12-27-20(4)14-19(3)26-27/h5,7-10,13-15H,6,11-12,16H2,1-4H3,(H,25,28). The van der Waals surface area contributed by atoms with Crippen LogP contribution in [0.2, 0.25) is 0 Å². The number of hydrogen-bond acceptors (Lipinski definition) is 3. The maximum absolute atomic E-state index is 12.5. The summed E-state index contributed by atoms with van der Waals surface area (Å²) in [4.78, 5) is 12.5. The lowest BCUT2D eigenvalue weighted by atomic mass is 10.1. The Kier molecular flexibility index (Phi) is 6.70. The Morgan fingerprint density at radius 1 is 1.07 bits per heavy atom. The Bertz CT molecular complexity index is 992. The van der Waals surface area contributed by atoms with Crippen molar-refractivity contribution >= 4 is 5.91 Å². The number of amides is 1. The molecule has 29 heavy (non-hydrogen) atoms. The highest BCUT2D eigenvalue weighted by atomic mass is 16.5. The third-order valence-corrected chi connectivity index (χ3v) is 4.85. The second-order valence-electron chi connectivity index (χ2n) is 7.52. The van der Waals surface area contributed by atoms with E-state index >= 15 is 0 Å². The molecule has 0 unspecified atom stereocenters. The zero-order valence-corrected chi connectivity index (χ0v) is 17.7. The molecule has 1 N–H and O–H groups in total. The highest BCUT2D eigenvalue weighted by molar-refractivity contribution is 5.94. The van der Waals surface area contributed by atoms with Crippen molar-refractivity contribution in [2.75, 3.05) is 6.54 Å². The summed E-state index contributed by atoms with van der Waals surface area (Å²) in [5.41, 5.74) is 6.11. The van der Waals surface area contributed by atoms with E-state index in [4.69, 9.17) is 4.74 Å². The van der Waals surface area contributed by atoms with Gasteiger partial charge in [-0.3, -0.25) is 9.48 Å². The minimum atomic E-state index is -0.0632. The van der Waals surface area contributed by atoms with Crippen LogP contribution in [-0.2, 0) is 13.2 Å². The lowest BCUT2D eigenvalue weighted by Gasteiger charge is -2.11. The number of rotatable bonds is 8. The minimum Gasteiger partial charge on any atom is -0.489 e. The summed E-state index contributed by atoms with van der Waals surface area (Å²) >= 11 is 0. The van der Waals surface area contributed by atoms with Gasteiger partial charge >= 0.3 is 0 Å². The van der Waals surface area contributed by atoms with Gasteiger partial charge in [-0.2, -0.15) is 5.10 Å². The van der Waals surface area contributed by atoms with E-state index in [9.17, 15) is 4.79 Å². The van der Waals surface area contributed by atoms with E-state index in [1.807, 2.05) is 61.9 Å². The van der Waals surface area contributed by atoms with E-state index in [2.05, 4.69) is 29.5 Å². The lowest BCUT2D eigenvalue weighted by molar-refractivity contribution is 0.0952. The highest BCUT2D eigenvalue weighted by Gasteiger charge is 2.07. The molecule has 0 aliphatic carbocycles. The topological polar surface area (TPSA) is 56.1 Å². The number of hydrogen-bond donors (Lipinski definition) is 1. The number of nitrogens with one attached hydrogen (secondary N) is 1. The van der Waals surface area contributed by atoms with Crippen LogP contribution in [0.3, 0.4) is 0 Å². The number of carbonyl (C=O) groups is 1. The van der Waals surface area contributed by atoms with Crippen LogP contribution in [0.1, 0.15) is 44.9 Å². The van der Waals surface area contributed by atoms with Crippen LogP contribution >= 0.6 is 0 Å². The van der Waals surface area contributed by atoms with Crippen LogP contribution in [0.15, 0.2) is 48.5 Å². The van der Waals surface area contributed by atoms with Crippen LogP contribution in [0.5, 0.6) is 5.75 Å². The number of carbonyl (C=O) groups excluding carboxylic acids is 1. The van der Waals surface area contributed by atoms with Gasteiger partial charge in [0.15, 0.2) is 0 Å². The summed E-state index contributed by atoms with van der Waals surface area (Å²) in [5, 5.41) is 7.43. The first-order valence-electron chi connectivity index (χ1n) is 10.0. The summed E-state index contributed by atoms with van der Waals surface area (Å²) in [5.74, 6) is 0.807. The normalized spacial score (nSPS) is 10.8. The molecule has 0 bridgehead atoms. The number of ether oxygens (including phenoxy) is 1. The molecular weight excluding hydrogens is 362 g/mol. The summed E-state index contributed by atoms with van der Waals surface area (Å²) in [6, 6.07) is 15.8. The SMILES string of the molecule is Cc1ccc(OCc2cccc(C(=O)NCCCn3nc(C)cc3C)c2)c(C)c1. The lowest BCUT2D eigenvalue weighted by Crippen LogP contribution is -2.25. The van der Waals surface area contributed by atoms with Gasteiger partial charge in [-0.1, -0.05) is 29.8 Å². The van der Waals surface area contributed by atoms with Crippen molar-refractivity contribution in [3.05, 3.63) is 82.2 Å². The first kappa shape index (κ1) is 20.6. The van der Waals surface area contributed by atoms with Crippen LogP contribution in [0, 0.1) is 27.7 Å². The van der Waals surface area contributed by atoms with E-state index in [0.29, 0.717) is 18.7 Å². The maximum Gasteiger partial charge on any atom is 0.251 e. The average molecular weight is 392 g/mol. The third kappa shape index (κ3) is 5.70. The Balaban J connectivity index is 1.50. The van der Waals surface area contributed by atoms with E-state index in [-0.39, 0.29) is 5.91 Å². The maximum atomic E-state index is 12.5. The second kappa shape index (κ2) is 9.41. The molecular formula is C24H29N3O2. The fourth-order valence-corrected chi connectivity index (χ4v) is 3.36. The quantitative estimate of drug-likeness (QED) is 0.575. The van der Waals surface area contributed by atoms with Crippen molar-refractivity contribution < 1.29 is 9.53 Å². The van der Waals surface area contributed by atoms with Gasteiger partial charge in [-0.15, -0.1) is 0 Å². The number of benzene rings is 2. The summed E-state index contributed by atoms with van der Waals surface area (Å²) in [6.07, 6.45) is 0.837. The summed E-state index contributed by atoms with van der Waals surface area (Å²) in [7, 11) is 0. The van der Waals surface area contributed by atoms with E-state index < -0.39 is 0 Å². The predicted molar refractivity (Wildman–Crippen MR) is 115 cm³/mol. The predicted octanol–water partition coefficient (Wildman–Crippen LogP) is 4.52. The Hall–Kier alpha value is -3.08. The van der Waals surface area contributed by atoms with Crippen molar-refractivity contribution in [2.24, 2.45) is 0 Å². The number of nitrogens with zero attached hydrogens (tertiary/aromatic N) is 2. The van der Waals surface area contributed by atoms with Crippen molar-refractivity contribution in [2.45, 2.75) is 47.3 Å². The van der Waals surface area contributed by atoms with Crippen molar-refractivity contribution in [3.63, 3.8) is 0 Å². The smallest absolute Gasteiger partial charge is 0.251 e. The van der Waals surface area contributed by atoms with Gasteiger partial charge in [0.25, 0.3) is 5.91 Å². The monoisotopic (exact) mass is 391 g/mol. The molecule has 0 atom stereocenters. The van der Waals surface area contributed by atoms with Gasteiger partial charge < -0.3 is 10.1 Å². The van der Waals surface area contributed by atoms with Crippen LogP contribution < -0.4 is 10.1 Å². The van der Waals surface area contributed by atoms with Crippen molar-refractivity contribution in [1.82, 2.24) is 15.1 Å². The van der Waals surface area contributed by atoms with E-state index in [1.165, 1.54) is 5.56 Å². The highest BCUT2D eigenvalue weighted by Crippen LogP contribution is 2.20. The minimum absolute atomic E-state index is 0.0632. The zero-order valence-electron chi connectivity index (χ0n) is 17.7. The molecule has 0 fully saturated rings. The molecule has 0 saturated carbocycles. The molecule has 152 valence electrons. The fourth-order valence-electron chi connectivity index (χ4n) is 3.36. The van der Waals surface area contributed by atoms with Crippen LogP contribution in [0.4, 0.5) is 0 Å². The van der Waals surface area contributed by atoms with Gasteiger partial charge in [0, 0.05) is 24.3 Å². The molecule has 0 aliphatic heterocycles. The van der Waals surface area contributed by atoms with Crippen molar-refractivity contribution in [1.29, 1.82) is 0 Å². The molecule has 0 spiro atoms. The van der Waals surface area contributed by atoms with Crippen LogP contribution in [-0.4, -0.2) is 22.2 Å². The first-order valence-corrected chi connectivity index (χ1v) is 10.0. The Morgan fingerprint density at radius 3 is 2.62 bits per heavy atom. The molecule has 0 aliphatic rings. The van der Waals surface area contributed by atoms with Gasteiger partial charge in [0.2, 0.25) is 0 Å². The Labute approximate surface area is 172 Å². The van der Waals surface area contributed by atoms with E-state index in [0.717, 1.165) is 41.2 Å². The number of aryl methyl sites for hydroxylation is 5. The fraction of sp³-hybridized carbons (Fsp3) is 0.333. The Morgan fingerprint density at radius 2 is 1.90 bits per heavy atom. The average Bonchev–Trinajstić information content (AvgIpc) is 3.01. The molecule has 0 saturated heterocycles. The second-order valence-corrected chi connectivity index (χ2v) is 7.52. The third-order valence-electron chi connectivity index (χ3n) is 4.85. The molecule has 2 aromatic carbocycles. The largest absolute Gasteiger partial charge is 0.489 e. The molecule has 0 radical (unpaired) electrons. The van der Waals surface area contributed by atoms with Gasteiger partial charge in [-0.25, -0.2) is 0 Å². The molecule has 1 amide bonds. The molecule has 5 nitrogen and oxygen atoms in total. The molecule has 1 heterocycles. The van der Waals surface area contributed by atoms with Gasteiger partial charge in [-0.05, 0) is 69.5 Å². The zero-order chi connectivity index (χ0) is 20.8. The van der Waals surface area contributed by atoms with Crippen molar-refractivity contribution in [3.8, 4) is 5.75 Å². The molecule has 5 heteroatoms. The van der Waals surface area contributed by atoms with Gasteiger partial charge in [0.1, 0.15) is 12.4 Å². The van der Waals surface area contributed by atoms with Crippen LogP contribution in [0.25, 0.3) is 0 Å². The van der Waals surface area contributed by atoms with E-state index in [1.54, 1.807) is 0 Å². The molecule has 3 rings (SSSR count). The number of aromatic nitrogens is 2. The molecule has 3 aromatic rings. The summed E-state index contributed by atoms with van der Waals surface area (Å²) in [6.45, 7) is 9.98. The summed E-state index contributed by atoms with van der Waals surface area (Å²) < 4.78 is 7.91.